The third-order valence-electron chi connectivity index (χ3n) is 3.59. The summed E-state index contributed by atoms with van der Waals surface area (Å²) in [5.74, 6) is 1.54. The number of anilines is 1. The zero-order chi connectivity index (χ0) is 16.0. The number of benzene rings is 1. The first-order valence-corrected chi connectivity index (χ1v) is 7.63. The lowest BCUT2D eigenvalue weighted by Crippen LogP contribution is -2.21. The average molecular weight is 298 g/mol. The topological polar surface area (TPSA) is 66.0 Å². The van der Waals surface area contributed by atoms with Gasteiger partial charge in [-0.05, 0) is 32.4 Å². The van der Waals surface area contributed by atoms with Crippen molar-refractivity contribution < 1.29 is 4.84 Å². The first-order valence-electron chi connectivity index (χ1n) is 7.63. The molecule has 0 aliphatic rings. The van der Waals surface area contributed by atoms with Gasteiger partial charge in [0.2, 0.25) is 0 Å². The van der Waals surface area contributed by atoms with Crippen molar-refractivity contribution in [2.24, 2.45) is 0 Å². The fourth-order valence-corrected chi connectivity index (χ4v) is 2.64. The number of hydrogen-bond acceptors (Lipinski definition) is 4. The molecule has 0 aliphatic heterocycles. The Labute approximate surface area is 130 Å². The van der Waals surface area contributed by atoms with Gasteiger partial charge in [0.15, 0.2) is 5.82 Å². The lowest BCUT2D eigenvalue weighted by molar-refractivity contribution is 0.0608. The number of imidazole rings is 1. The maximum absolute atomic E-state index is 6.14. The summed E-state index contributed by atoms with van der Waals surface area (Å²) in [6.07, 6.45) is 0.0461. The van der Waals surface area contributed by atoms with Crippen molar-refractivity contribution in [3.63, 3.8) is 0 Å². The highest BCUT2D eigenvalue weighted by molar-refractivity contribution is 6.06. The number of fused-ring (bicyclic) bond motifs is 3. The van der Waals surface area contributed by atoms with Crippen LogP contribution in [0.2, 0.25) is 0 Å². The second-order valence-corrected chi connectivity index (χ2v) is 6.29. The zero-order valence-electron chi connectivity index (χ0n) is 13.7. The highest BCUT2D eigenvalue weighted by Gasteiger charge is 2.20. The maximum atomic E-state index is 6.14. The minimum atomic E-state index is 0.0461. The molecule has 0 atom stereocenters. The van der Waals surface area contributed by atoms with Gasteiger partial charge in [-0.25, -0.2) is 9.97 Å². The van der Waals surface area contributed by atoms with Gasteiger partial charge in [0.05, 0.1) is 5.52 Å². The second-order valence-electron chi connectivity index (χ2n) is 6.29. The van der Waals surface area contributed by atoms with Gasteiger partial charge in [0.1, 0.15) is 23.0 Å². The summed E-state index contributed by atoms with van der Waals surface area (Å²) in [5, 5.41) is 1.01. The molecule has 0 bridgehead atoms. The molecule has 116 valence electrons. The number of rotatable bonds is 3. The molecular weight excluding hydrogens is 276 g/mol. The van der Waals surface area contributed by atoms with Crippen LogP contribution in [-0.4, -0.2) is 20.8 Å². The molecule has 5 nitrogen and oxygen atoms in total. The Hall–Kier alpha value is -2.30. The molecule has 0 aliphatic carbocycles. The lowest BCUT2D eigenvalue weighted by atomic mass is 10.1. The quantitative estimate of drug-likeness (QED) is 0.804. The molecule has 2 N–H and O–H groups in total. The summed E-state index contributed by atoms with van der Waals surface area (Å²) in [6, 6.07) is 6.17. The molecule has 0 radical (unpaired) electrons. The van der Waals surface area contributed by atoms with Gasteiger partial charge in [-0.3, -0.25) is 0 Å². The minimum absolute atomic E-state index is 0.0461. The standard InChI is InChI=1S/C17H22N4O/c1-9(2)17-20-14-15(21(17)22-10(3)4)12-7-6-11(5)8-13(12)19-16(14)18/h6-10H,1-5H3,(H2,18,19). The van der Waals surface area contributed by atoms with Crippen LogP contribution in [0.5, 0.6) is 0 Å². The molecule has 2 heterocycles. The van der Waals surface area contributed by atoms with Gasteiger partial charge in [-0.1, -0.05) is 26.0 Å². The van der Waals surface area contributed by atoms with E-state index in [1.807, 2.05) is 31.6 Å². The minimum Gasteiger partial charge on any atom is -0.409 e. The smallest absolute Gasteiger partial charge is 0.152 e. The van der Waals surface area contributed by atoms with Gasteiger partial charge in [0, 0.05) is 11.3 Å². The highest BCUT2D eigenvalue weighted by Crippen LogP contribution is 2.30. The molecule has 0 saturated heterocycles. The van der Waals surface area contributed by atoms with E-state index in [1.165, 1.54) is 0 Å². The van der Waals surface area contributed by atoms with Gasteiger partial charge in [-0.15, -0.1) is 0 Å². The molecule has 0 spiro atoms. The van der Waals surface area contributed by atoms with Gasteiger partial charge in [-0.2, -0.15) is 4.73 Å². The van der Waals surface area contributed by atoms with Crippen LogP contribution >= 0.6 is 0 Å². The van der Waals surface area contributed by atoms with E-state index in [9.17, 15) is 0 Å². The number of nitrogens with two attached hydrogens (primary N) is 1. The molecule has 3 aromatic rings. The largest absolute Gasteiger partial charge is 0.409 e. The first kappa shape index (κ1) is 14.6. The molecule has 22 heavy (non-hydrogen) atoms. The summed E-state index contributed by atoms with van der Waals surface area (Å²) in [5.41, 5.74) is 9.78. The third-order valence-corrected chi connectivity index (χ3v) is 3.59. The van der Waals surface area contributed by atoms with Crippen LogP contribution in [0.1, 0.15) is 45.0 Å². The molecule has 0 amide bonds. The van der Waals surface area contributed by atoms with Crippen LogP contribution in [0.4, 0.5) is 5.82 Å². The Bertz CT molecular complexity index is 849. The number of aromatic nitrogens is 3. The number of nitrogen functional groups attached to an aromatic ring is 1. The van der Waals surface area contributed by atoms with Crippen molar-refractivity contribution in [3.05, 3.63) is 29.6 Å². The number of pyridine rings is 1. The van der Waals surface area contributed by atoms with Crippen molar-refractivity contribution in [2.45, 2.75) is 46.6 Å². The Kier molecular flexibility index (Phi) is 3.43. The predicted molar refractivity (Wildman–Crippen MR) is 90.0 cm³/mol. The van der Waals surface area contributed by atoms with Crippen LogP contribution in [-0.2, 0) is 0 Å². The average Bonchev–Trinajstić information content (AvgIpc) is 2.78. The number of aryl methyl sites for hydroxylation is 1. The first-order chi connectivity index (χ1) is 10.4. The lowest BCUT2D eigenvalue weighted by Gasteiger charge is -2.16. The van der Waals surface area contributed by atoms with Crippen molar-refractivity contribution in [2.75, 3.05) is 5.73 Å². The summed E-state index contributed by atoms with van der Waals surface area (Å²) in [7, 11) is 0. The highest BCUT2D eigenvalue weighted by atomic mass is 16.7. The van der Waals surface area contributed by atoms with E-state index in [4.69, 9.17) is 10.6 Å². The normalized spacial score (nSPS) is 12.0. The fourth-order valence-electron chi connectivity index (χ4n) is 2.64. The van der Waals surface area contributed by atoms with Gasteiger partial charge >= 0.3 is 0 Å². The Balaban J connectivity index is 2.45. The molecule has 5 heteroatoms. The summed E-state index contributed by atoms with van der Waals surface area (Å²) in [6.45, 7) is 10.2. The summed E-state index contributed by atoms with van der Waals surface area (Å²) < 4.78 is 1.83. The molecule has 0 unspecified atom stereocenters. The zero-order valence-corrected chi connectivity index (χ0v) is 13.7. The van der Waals surface area contributed by atoms with E-state index in [2.05, 4.69) is 35.9 Å². The molecule has 1 aromatic carbocycles. The molecule has 2 aromatic heterocycles. The summed E-state index contributed by atoms with van der Waals surface area (Å²) in [4.78, 5) is 15.2. The van der Waals surface area contributed by atoms with Crippen LogP contribution < -0.4 is 10.6 Å². The van der Waals surface area contributed by atoms with E-state index in [1.54, 1.807) is 0 Å². The van der Waals surface area contributed by atoms with Crippen molar-refractivity contribution in [3.8, 4) is 0 Å². The van der Waals surface area contributed by atoms with Gasteiger partial charge in [0.25, 0.3) is 0 Å². The molecule has 0 saturated carbocycles. The van der Waals surface area contributed by atoms with E-state index in [-0.39, 0.29) is 12.0 Å². The van der Waals surface area contributed by atoms with E-state index in [0.29, 0.717) is 11.3 Å². The third kappa shape index (κ3) is 2.26. The van der Waals surface area contributed by atoms with E-state index < -0.39 is 0 Å². The van der Waals surface area contributed by atoms with Crippen molar-refractivity contribution in [1.29, 1.82) is 0 Å². The van der Waals surface area contributed by atoms with Crippen LogP contribution in [0.15, 0.2) is 18.2 Å². The Morgan fingerprint density at radius 2 is 1.86 bits per heavy atom. The second kappa shape index (κ2) is 5.16. The van der Waals surface area contributed by atoms with Gasteiger partial charge < -0.3 is 10.6 Å². The molecular formula is C17H22N4O. The SMILES string of the molecule is Cc1ccc2c(c1)nc(N)c1nc(C(C)C)n(OC(C)C)c12. The molecule has 3 rings (SSSR count). The fraction of sp³-hybridized carbons (Fsp3) is 0.412. The van der Waals surface area contributed by atoms with Crippen LogP contribution in [0.25, 0.3) is 21.9 Å². The summed E-state index contributed by atoms with van der Waals surface area (Å²) >= 11 is 0. The number of nitrogens with zero attached hydrogens (tertiary/aromatic N) is 3. The van der Waals surface area contributed by atoms with E-state index >= 15 is 0 Å². The Morgan fingerprint density at radius 1 is 1.14 bits per heavy atom. The Morgan fingerprint density at radius 3 is 2.50 bits per heavy atom. The predicted octanol–water partition coefficient (Wildman–Crippen LogP) is 3.44. The number of hydrogen-bond donors (Lipinski definition) is 1. The molecule has 0 fully saturated rings. The van der Waals surface area contributed by atoms with Crippen molar-refractivity contribution in [1.82, 2.24) is 14.7 Å². The van der Waals surface area contributed by atoms with Crippen LogP contribution in [0, 0.1) is 6.92 Å². The van der Waals surface area contributed by atoms with Crippen LogP contribution in [0.3, 0.4) is 0 Å². The van der Waals surface area contributed by atoms with E-state index in [0.717, 1.165) is 27.8 Å². The monoisotopic (exact) mass is 298 g/mol. The van der Waals surface area contributed by atoms with Crippen molar-refractivity contribution >= 4 is 27.8 Å². The maximum Gasteiger partial charge on any atom is 0.152 e.